The maximum atomic E-state index is 14.4. The zero-order valence-electron chi connectivity index (χ0n) is 31.4. The number of nitrogens with zero attached hydrogens (tertiary/aromatic N) is 2. The number of hydrogen-bond acceptors (Lipinski definition) is 6. The number of anilines is 1. The molecule has 5 rings (SSSR count). The number of para-hydroxylation sites is 1. The lowest BCUT2D eigenvalue weighted by molar-refractivity contribution is -0.138. The van der Waals surface area contributed by atoms with Crippen LogP contribution in [0.3, 0.4) is 0 Å². The second-order valence-electron chi connectivity index (χ2n) is 14.7. The van der Waals surface area contributed by atoms with Crippen LogP contribution in [0.2, 0.25) is 5.02 Å². The van der Waals surface area contributed by atoms with E-state index < -0.39 is 23.9 Å². The molecule has 1 N–H and O–H groups in total. The van der Waals surface area contributed by atoms with Gasteiger partial charge in [0.05, 0.1) is 20.1 Å². The Kier molecular flexibility index (Phi) is 13.9. The van der Waals surface area contributed by atoms with Crippen molar-refractivity contribution < 1.29 is 28.2 Å². The number of amides is 2. The predicted molar refractivity (Wildman–Crippen MR) is 208 cm³/mol. The van der Waals surface area contributed by atoms with E-state index in [1.54, 1.807) is 42.3 Å². The molecule has 0 unspecified atom stereocenters. The summed E-state index contributed by atoms with van der Waals surface area (Å²) >= 11 is 6.60. The van der Waals surface area contributed by atoms with E-state index in [1.807, 2.05) is 51.1 Å². The van der Waals surface area contributed by atoms with E-state index in [0.29, 0.717) is 52.1 Å². The van der Waals surface area contributed by atoms with Crippen LogP contribution in [0, 0.1) is 11.2 Å². The van der Waals surface area contributed by atoms with Crippen LogP contribution < -0.4 is 19.7 Å². The van der Waals surface area contributed by atoms with E-state index >= 15 is 0 Å². The molecule has 53 heavy (non-hydrogen) atoms. The van der Waals surface area contributed by atoms with E-state index in [0.717, 1.165) is 32.4 Å². The lowest BCUT2D eigenvalue weighted by Gasteiger charge is -2.31. The van der Waals surface area contributed by atoms with Crippen molar-refractivity contribution in [3.63, 3.8) is 0 Å². The van der Waals surface area contributed by atoms with E-state index in [4.69, 9.17) is 25.8 Å². The van der Waals surface area contributed by atoms with Crippen molar-refractivity contribution in [3.05, 3.63) is 124 Å². The van der Waals surface area contributed by atoms with E-state index in [2.05, 4.69) is 41.5 Å². The molecule has 0 radical (unpaired) electrons. The van der Waals surface area contributed by atoms with Gasteiger partial charge < -0.3 is 29.3 Å². The maximum absolute atomic E-state index is 14.4. The number of halogens is 2. The van der Waals surface area contributed by atoms with Crippen LogP contribution in [-0.4, -0.2) is 63.2 Å². The van der Waals surface area contributed by atoms with Gasteiger partial charge >= 0.3 is 0 Å². The van der Waals surface area contributed by atoms with E-state index in [1.165, 1.54) is 11.6 Å². The summed E-state index contributed by atoms with van der Waals surface area (Å²) in [4.78, 5) is 31.7. The summed E-state index contributed by atoms with van der Waals surface area (Å²) in [5.41, 5.74) is 3.34. The van der Waals surface area contributed by atoms with Crippen molar-refractivity contribution in [2.45, 2.75) is 65.2 Å². The number of carbonyl (C=O) groups excluding carboxylic acids is 2. The normalized spacial score (nSPS) is 15.9. The number of nitrogens with one attached hydrogen (secondary N) is 1. The number of carbonyl (C=O) groups is 2. The molecule has 2 atom stereocenters. The first-order valence-corrected chi connectivity index (χ1v) is 18.6. The van der Waals surface area contributed by atoms with Gasteiger partial charge in [-0.3, -0.25) is 9.59 Å². The van der Waals surface area contributed by atoms with Crippen molar-refractivity contribution in [1.82, 2.24) is 10.2 Å². The number of aryl methyl sites for hydroxylation is 1. The van der Waals surface area contributed by atoms with Gasteiger partial charge in [0.15, 0.2) is 11.5 Å². The Labute approximate surface area is 318 Å². The number of rotatable bonds is 16. The Morgan fingerprint density at radius 3 is 2.43 bits per heavy atom. The van der Waals surface area contributed by atoms with Crippen LogP contribution in [0.25, 0.3) is 0 Å². The summed E-state index contributed by atoms with van der Waals surface area (Å²) in [6.07, 6.45) is 0.658. The van der Waals surface area contributed by atoms with Gasteiger partial charge in [-0.2, -0.15) is 0 Å². The van der Waals surface area contributed by atoms with Crippen molar-refractivity contribution in [1.29, 1.82) is 0 Å². The smallest absolute Gasteiger partial charge is 0.256 e. The van der Waals surface area contributed by atoms with Crippen LogP contribution >= 0.6 is 11.6 Å². The lowest BCUT2D eigenvalue weighted by atomic mass is 9.94. The summed E-state index contributed by atoms with van der Waals surface area (Å²) in [6.45, 7) is 8.81. The average molecular weight is 744 g/mol. The standard InChI is InChI=1S/C43H51ClFN3O5/c1-43(2,3)29-48-36-22-21-32(44)26-34(36)40(53-38(42(48)50)27-39(49)46-28-31-17-9-10-19-35(31)45)33-18-11-20-37(41(33)51-5)52-25-13-24-47(4)23-12-16-30-14-7-6-8-15-30/h6-11,14-15,17-22,26,38,40H,12-13,16,23-25,27-29H2,1-5H3,(H,46,49)/t38-,40-/m0/s1. The molecule has 4 aromatic carbocycles. The quantitative estimate of drug-likeness (QED) is 0.116. The molecule has 8 nitrogen and oxygen atoms in total. The highest BCUT2D eigenvalue weighted by Crippen LogP contribution is 2.45. The van der Waals surface area contributed by atoms with Crippen molar-refractivity contribution in [3.8, 4) is 11.5 Å². The zero-order valence-corrected chi connectivity index (χ0v) is 32.1. The lowest BCUT2D eigenvalue weighted by Crippen LogP contribution is -2.45. The molecule has 0 aliphatic carbocycles. The summed E-state index contributed by atoms with van der Waals surface area (Å²) in [7, 11) is 3.70. The number of methoxy groups -OCH3 is 1. The van der Waals surface area contributed by atoms with E-state index in [-0.39, 0.29) is 24.3 Å². The highest BCUT2D eigenvalue weighted by molar-refractivity contribution is 6.30. The monoisotopic (exact) mass is 743 g/mol. The fraction of sp³-hybridized carbons (Fsp3) is 0.395. The van der Waals surface area contributed by atoms with Gasteiger partial charge in [-0.1, -0.05) is 93.0 Å². The molecule has 0 bridgehead atoms. The third-order valence-corrected chi connectivity index (χ3v) is 9.36. The van der Waals surface area contributed by atoms with Gasteiger partial charge in [-0.15, -0.1) is 0 Å². The van der Waals surface area contributed by atoms with Crippen molar-refractivity contribution in [2.75, 3.05) is 45.3 Å². The van der Waals surface area contributed by atoms with Crippen molar-refractivity contribution in [2.24, 2.45) is 5.41 Å². The molecule has 1 heterocycles. The molecule has 0 saturated heterocycles. The molecule has 4 aromatic rings. The summed E-state index contributed by atoms with van der Waals surface area (Å²) < 4.78 is 33.3. The second-order valence-corrected chi connectivity index (χ2v) is 15.2. The highest BCUT2D eigenvalue weighted by atomic mass is 35.5. The zero-order chi connectivity index (χ0) is 38.0. The number of ether oxygens (including phenoxy) is 3. The van der Waals surface area contributed by atoms with E-state index in [9.17, 15) is 14.0 Å². The van der Waals surface area contributed by atoms with Gasteiger partial charge in [-0.25, -0.2) is 4.39 Å². The van der Waals surface area contributed by atoms with Gasteiger partial charge in [0, 0.05) is 47.0 Å². The molecule has 0 aromatic heterocycles. The maximum Gasteiger partial charge on any atom is 0.256 e. The summed E-state index contributed by atoms with van der Waals surface area (Å²) in [5, 5.41) is 3.24. The van der Waals surface area contributed by atoms with Gasteiger partial charge in [0.2, 0.25) is 5.91 Å². The number of fused-ring (bicyclic) bond motifs is 1. The third-order valence-electron chi connectivity index (χ3n) is 9.13. The Hall–Kier alpha value is -4.44. The minimum atomic E-state index is -1.17. The molecule has 1 aliphatic rings. The Morgan fingerprint density at radius 2 is 1.70 bits per heavy atom. The number of benzene rings is 4. The topological polar surface area (TPSA) is 80.3 Å². The fourth-order valence-corrected chi connectivity index (χ4v) is 6.74. The highest BCUT2D eigenvalue weighted by Gasteiger charge is 2.40. The largest absolute Gasteiger partial charge is 0.492 e. The molecule has 282 valence electrons. The first-order valence-electron chi connectivity index (χ1n) is 18.2. The molecule has 10 heteroatoms. The molecule has 2 amide bonds. The van der Waals surface area contributed by atoms with Crippen molar-refractivity contribution >= 4 is 29.1 Å². The third kappa shape index (κ3) is 11.0. The molecular formula is C43H51ClFN3O5. The molecule has 0 spiro atoms. The van der Waals surface area contributed by atoms with Crippen LogP contribution in [0.4, 0.5) is 10.1 Å². The first kappa shape index (κ1) is 39.8. The minimum Gasteiger partial charge on any atom is -0.492 e. The van der Waals surface area contributed by atoms with Gasteiger partial charge in [0.1, 0.15) is 18.0 Å². The first-order chi connectivity index (χ1) is 25.4. The average Bonchev–Trinajstić information content (AvgIpc) is 3.23. The van der Waals surface area contributed by atoms with Crippen LogP contribution in [-0.2, 0) is 27.3 Å². The summed E-state index contributed by atoms with van der Waals surface area (Å²) in [6, 6.07) is 27.7. The number of hydrogen-bond donors (Lipinski definition) is 1. The predicted octanol–water partition coefficient (Wildman–Crippen LogP) is 8.40. The molecule has 0 saturated carbocycles. The minimum absolute atomic E-state index is 0.0198. The van der Waals surface area contributed by atoms with Gasteiger partial charge in [-0.05, 0) is 74.2 Å². The SMILES string of the molecule is COc1c(OCCCN(C)CCCc2ccccc2)cccc1[C@@H]1O[C@@H](CC(=O)NCc2ccccc2F)C(=O)N(CC(C)(C)C)c2ccc(Cl)cc21. The van der Waals surface area contributed by atoms with Crippen LogP contribution in [0.1, 0.15) is 68.4 Å². The Balaban J connectivity index is 1.36. The summed E-state index contributed by atoms with van der Waals surface area (Å²) in [5.74, 6) is -0.201. The molecular weight excluding hydrogens is 693 g/mol. The Morgan fingerprint density at radius 1 is 0.962 bits per heavy atom. The fourth-order valence-electron chi connectivity index (χ4n) is 6.56. The Bertz CT molecular complexity index is 1830. The second kappa shape index (κ2) is 18.5. The molecule has 0 fully saturated rings. The van der Waals surface area contributed by atoms with Crippen LogP contribution in [0.15, 0.2) is 91.0 Å². The van der Waals surface area contributed by atoms with Gasteiger partial charge in [0.25, 0.3) is 5.91 Å². The molecule has 1 aliphatic heterocycles. The van der Waals surface area contributed by atoms with Crippen LogP contribution in [0.5, 0.6) is 11.5 Å².